The fraction of sp³-hybridized carbons (Fsp3) is 0.0476. The number of aromatic nitrogens is 2. The first-order valence-corrected chi connectivity index (χ1v) is 11.1. The number of nitro groups is 2. The van der Waals surface area contributed by atoms with E-state index in [0.29, 0.717) is 27.8 Å². The number of nitrogens with zero attached hydrogens (tertiary/aromatic N) is 6. The maximum Gasteiger partial charge on any atom is 0.270 e. The molecule has 4 aromatic rings. The number of non-ortho nitro benzene ring substituents is 2. The molecule has 0 bridgehead atoms. The van der Waals surface area contributed by atoms with Gasteiger partial charge in [-0.15, -0.1) is 0 Å². The highest BCUT2D eigenvalue weighted by atomic mass is 32.1. The first-order valence-electron chi connectivity index (χ1n) is 9.43. The lowest BCUT2D eigenvalue weighted by atomic mass is 10.2. The summed E-state index contributed by atoms with van der Waals surface area (Å²) in [6.45, 7) is 0. The van der Waals surface area contributed by atoms with Crippen molar-refractivity contribution < 1.29 is 9.85 Å². The Bertz CT molecular complexity index is 1270. The quantitative estimate of drug-likeness (QED) is 0.186. The van der Waals surface area contributed by atoms with E-state index in [2.05, 4.69) is 20.0 Å². The van der Waals surface area contributed by atoms with E-state index < -0.39 is 9.85 Å². The molecule has 164 valence electrons. The van der Waals surface area contributed by atoms with Gasteiger partial charge >= 0.3 is 0 Å². The van der Waals surface area contributed by atoms with E-state index in [1.165, 1.54) is 46.9 Å². The Morgan fingerprint density at radius 1 is 0.788 bits per heavy atom. The summed E-state index contributed by atoms with van der Waals surface area (Å²) in [5.41, 5.74) is 1.25. The van der Waals surface area contributed by atoms with Crippen LogP contribution in [0.5, 0.6) is 0 Å². The molecule has 2 aromatic carbocycles. The second kappa shape index (κ2) is 9.97. The molecule has 10 nitrogen and oxygen atoms in total. The van der Waals surface area contributed by atoms with Gasteiger partial charge in [-0.05, 0) is 11.1 Å². The second-order valence-electron chi connectivity index (χ2n) is 6.62. The maximum absolute atomic E-state index is 10.9. The molecule has 0 amide bonds. The third kappa shape index (κ3) is 5.96. The predicted octanol–water partition coefficient (Wildman–Crippen LogP) is 5.51. The summed E-state index contributed by atoms with van der Waals surface area (Å²) in [7, 11) is 0. The topological polar surface area (TPSA) is 137 Å². The molecule has 0 aliphatic carbocycles. The molecule has 12 heteroatoms. The molecule has 0 saturated carbocycles. The Morgan fingerprint density at radius 3 is 1.67 bits per heavy atom. The molecule has 0 spiro atoms. The maximum atomic E-state index is 10.9. The van der Waals surface area contributed by atoms with E-state index in [9.17, 15) is 20.2 Å². The highest BCUT2D eigenvalue weighted by Gasteiger charge is 2.08. The molecule has 2 heterocycles. The minimum Gasteiger partial charge on any atom is -0.258 e. The van der Waals surface area contributed by atoms with Crippen LogP contribution < -0.4 is 0 Å². The van der Waals surface area contributed by atoms with Crippen molar-refractivity contribution in [1.29, 1.82) is 0 Å². The van der Waals surface area contributed by atoms with Crippen LogP contribution in [-0.2, 0) is 6.42 Å². The van der Waals surface area contributed by atoms with Crippen molar-refractivity contribution in [2.75, 3.05) is 0 Å². The zero-order chi connectivity index (χ0) is 23.2. The SMILES string of the molecule is O=[N+]([O-])c1cccc(/C=N/c2ncc(Cc3cnc(/N=C/c4cccc([N+](=O)[O-])c4)s3)s2)c1. The molecular weight excluding hydrogens is 464 g/mol. The van der Waals surface area contributed by atoms with Gasteiger partial charge in [0.15, 0.2) is 0 Å². The summed E-state index contributed by atoms with van der Waals surface area (Å²) in [6.07, 6.45) is 7.17. The van der Waals surface area contributed by atoms with E-state index in [4.69, 9.17) is 0 Å². The highest BCUT2D eigenvalue weighted by molar-refractivity contribution is 7.16. The van der Waals surface area contributed by atoms with E-state index in [1.54, 1.807) is 49.1 Å². The number of nitro benzene ring substituents is 2. The number of aliphatic imine (C=N–C) groups is 2. The Kier molecular flexibility index (Phi) is 6.66. The van der Waals surface area contributed by atoms with Gasteiger partial charge in [-0.1, -0.05) is 46.9 Å². The van der Waals surface area contributed by atoms with Crippen molar-refractivity contribution in [3.63, 3.8) is 0 Å². The molecule has 0 N–H and O–H groups in total. The standard InChI is InChI=1S/C21H14N6O4S2/c28-26(29)16-5-1-3-14(7-16)10-22-20-24-12-18(32-20)9-19-13-25-21(33-19)23-11-15-4-2-6-17(8-15)27(30)31/h1-8,10-13H,9H2/b22-10+,23-11+. The van der Waals surface area contributed by atoms with Crippen LogP contribution in [0, 0.1) is 20.2 Å². The molecule has 4 rings (SSSR count). The van der Waals surface area contributed by atoms with Crippen LogP contribution in [0.4, 0.5) is 21.6 Å². The Labute approximate surface area is 195 Å². The van der Waals surface area contributed by atoms with Gasteiger partial charge in [-0.25, -0.2) is 20.0 Å². The molecule has 0 atom stereocenters. The normalized spacial score (nSPS) is 11.4. The fourth-order valence-electron chi connectivity index (χ4n) is 2.75. The Morgan fingerprint density at radius 2 is 1.24 bits per heavy atom. The lowest BCUT2D eigenvalue weighted by molar-refractivity contribution is -0.385. The van der Waals surface area contributed by atoms with Crippen molar-refractivity contribution in [1.82, 2.24) is 9.97 Å². The van der Waals surface area contributed by atoms with E-state index >= 15 is 0 Å². The average Bonchev–Trinajstić information content (AvgIpc) is 3.46. The smallest absolute Gasteiger partial charge is 0.258 e. The molecule has 0 aliphatic rings. The van der Waals surface area contributed by atoms with Crippen LogP contribution in [-0.4, -0.2) is 32.2 Å². The second-order valence-corrected chi connectivity index (χ2v) is 8.80. The third-order valence-electron chi connectivity index (χ3n) is 4.24. The number of rotatable bonds is 8. The predicted molar refractivity (Wildman–Crippen MR) is 128 cm³/mol. The van der Waals surface area contributed by atoms with Crippen LogP contribution in [0.25, 0.3) is 0 Å². The highest BCUT2D eigenvalue weighted by Crippen LogP contribution is 2.28. The van der Waals surface area contributed by atoms with Gasteiger partial charge in [-0.2, -0.15) is 0 Å². The van der Waals surface area contributed by atoms with E-state index in [-0.39, 0.29) is 11.4 Å². The average molecular weight is 479 g/mol. The summed E-state index contributed by atoms with van der Waals surface area (Å²) < 4.78 is 0. The molecule has 0 radical (unpaired) electrons. The first kappa shape index (κ1) is 22.0. The lowest BCUT2D eigenvalue weighted by Gasteiger charge is -1.93. The largest absolute Gasteiger partial charge is 0.270 e. The Hall–Kier alpha value is -4.16. The van der Waals surface area contributed by atoms with Crippen molar-refractivity contribution in [3.8, 4) is 0 Å². The Balaban J connectivity index is 1.39. The minimum absolute atomic E-state index is 0.00734. The van der Waals surface area contributed by atoms with Crippen LogP contribution in [0.2, 0.25) is 0 Å². The molecule has 0 aliphatic heterocycles. The number of thiazole rings is 2. The molecular formula is C21H14N6O4S2. The third-order valence-corrected chi connectivity index (χ3v) is 6.05. The molecule has 2 aromatic heterocycles. The van der Waals surface area contributed by atoms with Gasteiger partial charge in [0.05, 0.1) is 9.85 Å². The fourth-order valence-corrected chi connectivity index (χ4v) is 4.39. The summed E-state index contributed by atoms with van der Waals surface area (Å²) in [6, 6.07) is 12.4. The minimum atomic E-state index is -0.449. The van der Waals surface area contributed by atoms with Crippen molar-refractivity contribution in [2.24, 2.45) is 9.98 Å². The molecule has 0 fully saturated rings. The van der Waals surface area contributed by atoms with Gasteiger partial charge in [0.2, 0.25) is 10.3 Å². The zero-order valence-electron chi connectivity index (χ0n) is 16.8. The van der Waals surface area contributed by atoms with Crippen LogP contribution >= 0.6 is 22.7 Å². The van der Waals surface area contributed by atoms with Crippen molar-refractivity contribution in [2.45, 2.75) is 6.42 Å². The van der Waals surface area contributed by atoms with Gasteiger partial charge in [-0.3, -0.25) is 20.2 Å². The molecule has 0 unspecified atom stereocenters. The number of hydrogen-bond donors (Lipinski definition) is 0. The van der Waals surface area contributed by atoms with Crippen LogP contribution in [0.1, 0.15) is 20.9 Å². The van der Waals surface area contributed by atoms with E-state index in [1.807, 2.05) is 0 Å². The molecule has 33 heavy (non-hydrogen) atoms. The van der Waals surface area contributed by atoms with Crippen LogP contribution in [0.3, 0.4) is 0 Å². The van der Waals surface area contributed by atoms with E-state index in [0.717, 1.165) is 9.75 Å². The van der Waals surface area contributed by atoms with Gasteiger partial charge in [0.25, 0.3) is 11.4 Å². The summed E-state index contributed by atoms with van der Waals surface area (Å²) in [5, 5.41) is 22.8. The van der Waals surface area contributed by atoms with Crippen LogP contribution in [0.15, 0.2) is 70.9 Å². The summed E-state index contributed by atoms with van der Waals surface area (Å²) >= 11 is 2.83. The summed E-state index contributed by atoms with van der Waals surface area (Å²) in [5.74, 6) is 0. The van der Waals surface area contributed by atoms with Gasteiger partial charge in [0.1, 0.15) is 0 Å². The van der Waals surface area contributed by atoms with Gasteiger partial charge < -0.3 is 0 Å². The summed E-state index contributed by atoms with van der Waals surface area (Å²) in [4.78, 5) is 40.0. The van der Waals surface area contributed by atoms with Crippen molar-refractivity contribution >= 4 is 56.7 Å². The number of hydrogen-bond acceptors (Lipinski definition) is 10. The molecule has 0 saturated heterocycles. The lowest BCUT2D eigenvalue weighted by Crippen LogP contribution is -1.89. The monoisotopic (exact) mass is 478 g/mol. The number of benzene rings is 2. The zero-order valence-corrected chi connectivity index (χ0v) is 18.4. The first-order chi connectivity index (χ1) is 16.0. The van der Waals surface area contributed by atoms with Gasteiger partial charge in [0, 0.05) is 65.3 Å². The van der Waals surface area contributed by atoms with Crippen molar-refractivity contribution in [3.05, 3.63) is 102 Å².